The Kier molecular flexibility index (Phi) is 3.69. The van der Waals surface area contributed by atoms with Crippen LogP contribution in [0, 0.1) is 15.3 Å². The maximum absolute atomic E-state index is 12.0. The highest BCUT2D eigenvalue weighted by atomic mass is 32.1. The van der Waals surface area contributed by atoms with Crippen LogP contribution < -0.4 is 16.0 Å². The van der Waals surface area contributed by atoms with Crippen LogP contribution in [0.3, 0.4) is 0 Å². The number of nitro groups is 1. The summed E-state index contributed by atoms with van der Waals surface area (Å²) in [5.74, 6) is 3.21. The molecule has 3 N–H and O–H groups in total. The molecule has 0 aliphatic heterocycles. The van der Waals surface area contributed by atoms with Crippen molar-refractivity contribution in [3.8, 4) is 0 Å². The molecule has 2 aromatic rings. The third-order valence-corrected chi connectivity index (χ3v) is 3.76. The summed E-state index contributed by atoms with van der Waals surface area (Å²) in [6.07, 6.45) is 0. The highest BCUT2D eigenvalue weighted by Crippen LogP contribution is 2.31. The number of rotatable bonds is 3. The molecular weight excluding hydrogens is 304 g/mol. The van der Waals surface area contributed by atoms with E-state index in [2.05, 4.69) is 4.74 Å². The number of aromatic nitrogens is 1. The molecule has 11 heteroatoms. The summed E-state index contributed by atoms with van der Waals surface area (Å²) in [7, 11) is 1.10. The van der Waals surface area contributed by atoms with Crippen molar-refractivity contribution in [2.75, 3.05) is 7.11 Å². The summed E-state index contributed by atoms with van der Waals surface area (Å²) in [6.45, 7) is 0. The van der Waals surface area contributed by atoms with Crippen molar-refractivity contribution in [1.29, 1.82) is 0 Å². The molecule has 21 heavy (non-hydrogen) atoms. The maximum Gasteiger partial charge on any atom is 0.342 e. The van der Waals surface area contributed by atoms with Crippen molar-refractivity contribution < 1.29 is 24.0 Å². The zero-order chi connectivity index (χ0) is 15.7. The normalized spacial score (nSPS) is 10.4. The fourth-order valence-electron chi connectivity index (χ4n) is 1.67. The van der Waals surface area contributed by atoms with Crippen LogP contribution in [0.15, 0.2) is 12.1 Å². The van der Waals surface area contributed by atoms with Crippen LogP contribution in [0.5, 0.6) is 0 Å². The van der Waals surface area contributed by atoms with Crippen molar-refractivity contribution in [1.82, 2.24) is 5.43 Å². The first-order valence-corrected chi connectivity index (χ1v) is 6.16. The van der Waals surface area contributed by atoms with Gasteiger partial charge in [-0.05, 0) is 11.3 Å². The summed E-state index contributed by atoms with van der Waals surface area (Å²) >= 11 is 0.604. The van der Waals surface area contributed by atoms with Gasteiger partial charge >= 0.3 is 16.9 Å². The molecule has 0 atom stereocenters. The van der Waals surface area contributed by atoms with Gasteiger partial charge in [0.1, 0.15) is 0 Å². The number of benzene rings is 1. The van der Waals surface area contributed by atoms with Gasteiger partial charge in [0, 0.05) is 12.1 Å². The van der Waals surface area contributed by atoms with Crippen molar-refractivity contribution in [3.05, 3.63) is 38.0 Å². The van der Waals surface area contributed by atoms with E-state index in [4.69, 9.17) is 5.84 Å². The number of hydrazine groups is 1. The fourth-order valence-corrected chi connectivity index (χ4v) is 2.68. The van der Waals surface area contributed by atoms with Gasteiger partial charge in [-0.1, -0.05) is 0 Å². The van der Waals surface area contributed by atoms with E-state index < -0.39 is 22.5 Å². The SMILES string of the molecule is COC(=O)c1cc([N+](=O)[O-])c2sc(C(=O)NN)[n+]([O-])c2c1. The van der Waals surface area contributed by atoms with Gasteiger partial charge in [-0.15, -0.1) is 4.73 Å². The molecule has 0 fully saturated rings. The van der Waals surface area contributed by atoms with Crippen LogP contribution in [0.25, 0.3) is 10.2 Å². The number of nitrogen functional groups attached to an aromatic ring is 1. The number of carbonyl (C=O) groups excluding carboxylic acids is 2. The molecule has 0 bridgehead atoms. The van der Waals surface area contributed by atoms with Gasteiger partial charge < -0.3 is 9.94 Å². The molecule has 110 valence electrons. The fraction of sp³-hybridized carbons (Fsp3) is 0.100. The zero-order valence-electron chi connectivity index (χ0n) is 10.5. The van der Waals surface area contributed by atoms with Crippen LogP contribution in [-0.2, 0) is 4.74 Å². The molecule has 0 aliphatic rings. The van der Waals surface area contributed by atoms with Crippen molar-refractivity contribution in [2.45, 2.75) is 0 Å². The lowest BCUT2D eigenvalue weighted by Crippen LogP contribution is -2.39. The minimum Gasteiger partial charge on any atom is -0.617 e. The Morgan fingerprint density at radius 3 is 2.67 bits per heavy atom. The molecule has 1 aromatic heterocycles. The van der Waals surface area contributed by atoms with E-state index >= 15 is 0 Å². The summed E-state index contributed by atoms with van der Waals surface area (Å²) in [6, 6.07) is 2.10. The molecule has 1 aromatic carbocycles. The Bertz CT molecular complexity index is 770. The molecule has 0 unspecified atom stereocenters. The largest absolute Gasteiger partial charge is 0.617 e. The number of nitrogens with zero attached hydrogens (tertiary/aromatic N) is 2. The van der Waals surface area contributed by atoms with Crippen LogP contribution in [0.2, 0.25) is 0 Å². The molecule has 0 saturated carbocycles. The minimum atomic E-state index is -0.889. The van der Waals surface area contributed by atoms with Crippen molar-refractivity contribution >= 4 is 39.1 Å². The van der Waals surface area contributed by atoms with E-state index in [1.54, 1.807) is 5.43 Å². The van der Waals surface area contributed by atoms with Crippen LogP contribution in [-0.4, -0.2) is 23.9 Å². The number of hydrogen-bond donors (Lipinski definition) is 2. The third kappa shape index (κ3) is 2.34. The number of fused-ring (bicyclic) bond motifs is 1. The summed E-state index contributed by atoms with van der Waals surface area (Å²) in [5.41, 5.74) is 0.941. The molecular formula is C10H8N4O6S. The standard InChI is InChI=1S/C10H8N4O6S/c1-20-10(16)4-2-5-7(6(3-4)14(18)19)21-9(13(5)17)8(15)12-11/h2-3H,11H2,1H3,(H,12,15). The molecule has 1 amide bonds. The number of nitrogens with one attached hydrogen (secondary N) is 1. The van der Waals surface area contributed by atoms with E-state index in [1.807, 2.05) is 0 Å². The smallest absolute Gasteiger partial charge is 0.342 e. The van der Waals surface area contributed by atoms with Crippen molar-refractivity contribution in [3.63, 3.8) is 0 Å². The molecule has 0 aliphatic carbocycles. The predicted molar refractivity (Wildman–Crippen MR) is 70.4 cm³/mol. The number of non-ortho nitro benzene ring substituents is 1. The number of esters is 1. The molecule has 0 saturated heterocycles. The van der Waals surface area contributed by atoms with Crippen LogP contribution in [0.1, 0.15) is 20.2 Å². The topological polar surface area (TPSA) is 152 Å². The number of methoxy groups -OCH3 is 1. The van der Waals surface area contributed by atoms with Crippen LogP contribution >= 0.6 is 11.3 Å². The van der Waals surface area contributed by atoms with E-state index in [9.17, 15) is 24.9 Å². The number of nitro benzene ring substituents is 1. The molecule has 2 rings (SSSR count). The highest BCUT2D eigenvalue weighted by Gasteiger charge is 2.30. The van der Waals surface area contributed by atoms with Gasteiger partial charge in [0.25, 0.3) is 5.69 Å². The number of nitrogens with two attached hydrogens (primary N) is 1. The number of thiazole rings is 1. The Morgan fingerprint density at radius 2 is 2.14 bits per heavy atom. The lowest BCUT2D eigenvalue weighted by atomic mass is 10.2. The number of ether oxygens (including phenoxy) is 1. The summed E-state index contributed by atoms with van der Waals surface area (Å²) < 4.78 is 4.61. The van der Waals surface area contributed by atoms with Gasteiger partial charge in [0.15, 0.2) is 4.70 Å². The monoisotopic (exact) mass is 312 g/mol. The lowest BCUT2D eigenvalue weighted by Gasteiger charge is -2.00. The van der Waals surface area contributed by atoms with Gasteiger partial charge in [-0.25, -0.2) is 10.6 Å². The van der Waals surface area contributed by atoms with Gasteiger partial charge in [-0.3, -0.25) is 20.3 Å². The van der Waals surface area contributed by atoms with Gasteiger partial charge in [0.05, 0.1) is 17.6 Å². The zero-order valence-corrected chi connectivity index (χ0v) is 11.3. The maximum atomic E-state index is 12.0. The molecule has 0 radical (unpaired) electrons. The quantitative estimate of drug-likeness (QED) is 0.152. The van der Waals surface area contributed by atoms with E-state index in [0.717, 1.165) is 19.2 Å². The Morgan fingerprint density at radius 1 is 1.48 bits per heavy atom. The first-order chi connectivity index (χ1) is 9.90. The highest BCUT2D eigenvalue weighted by molar-refractivity contribution is 7.20. The summed E-state index contributed by atoms with van der Waals surface area (Å²) in [4.78, 5) is 33.2. The van der Waals surface area contributed by atoms with E-state index in [0.29, 0.717) is 11.3 Å². The first kappa shape index (κ1) is 14.6. The second-order valence-electron chi connectivity index (χ2n) is 3.77. The Balaban J connectivity index is 2.82. The van der Waals surface area contributed by atoms with Crippen molar-refractivity contribution in [2.24, 2.45) is 5.84 Å². The molecule has 10 nitrogen and oxygen atoms in total. The molecule has 1 heterocycles. The minimum absolute atomic E-state index is 0.0405. The number of hydrogen-bond acceptors (Lipinski definition) is 8. The average Bonchev–Trinajstić information content (AvgIpc) is 2.81. The number of carbonyl (C=O) groups is 2. The van der Waals surface area contributed by atoms with Crippen LogP contribution in [0.4, 0.5) is 5.69 Å². The van der Waals surface area contributed by atoms with E-state index in [1.165, 1.54) is 0 Å². The third-order valence-electron chi connectivity index (χ3n) is 2.59. The Hall–Kier alpha value is -2.79. The first-order valence-electron chi connectivity index (χ1n) is 5.34. The average molecular weight is 312 g/mol. The Labute approximate surface area is 120 Å². The lowest BCUT2D eigenvalue weighted by molar-refractivity contribution is -0.574. The van der Waals surface area contributed by atoms with Gasteiger partial charge in [0.2, 0.25) is 5.52 Å². The predicted octanol–water partition coefficient (Wildman–Crippen LogP) is -0.167. The molecule has 0 spiro atoms. The van der Waals surface area contributed by atoms with E-state index in [-0.39, 0.29) is 25.5 Å². The van der Waals surface area contributed by atoms with Gasteiger partial charge in [-0.2, -0.15) is 0 Å². The second-order valence-corrected chi connectivity index (χ2v) is 4.77. The summed E-state index contributed by atoms with van der Waals surface area (Å²) in [5, 5.41) is 22.7. The second kappa shape index (κ2) is 5.30. The number of amides is 1.